The van der Waals surface area contributed by atoms with Crippen LogP contribution in [0.5, 0.6) is 0 Å². The van der Waals surface area contributed by atoms with Gasteiger partial charge in [0.15, 0.2) is 0 Å². The first-order valence-corrected chi connectivity index (χ1v) is 7.91. The van der Waals surface area contributed by atoms with Gasteiger partial charge in [0.25, 0.3) is 5.91 Å². The van der Waals surface area contributed by atoms with Crippen LogP contribution in [0.2, 0.25) is 0 Å². The second-order valence-electron chi connectivity index (χ2n) is 5.75. The Morgan fingerprint density at radius 3 is 2.72 bits per heavy atom. The van der Waals surface area contributed by atoms with Crippen molar-refractivity contribution < 1.29 is 4.79 Å². The highest BCUT2D eigenvalue weighted by Gasteiger charge is 2.15. The molecule has 124 valence electrons. The Kier molecular flexibility index (Phi) is 3.74. The Morgan fingerprint density at radius 2 is 1.92 bits per heavy atom. The number of nitrogens with one attached hydrogen (secondary N) is 2. The highest BCUT2D eigenvalue weighted by atomic mass is 16.1. The lowest BCUT2D eigenvalue weighted by atomic mass is 10.1. The van der Waals surface area contributed by atoms with Gasteiger partial charge >= 0.3 is 0 Å². The standard InChI is InChI=1S/C18H16N6O/c1-12(17-22-15-7-2-3-8-16(15)23-17)21-18(25)13-5-4-6-14(9-13)24-10-19-20-11-24/h2-12H,1H3,(H,21,25)(H,22,23)/t12-/m1/s1. The van der Waals surface area contributed by atoms with E-state index in [1.54, 1.807) is 29.4 Å². The van der Waals surface area contributed by atoms with Gasteiger partial charge in [-0.3, -0.25) is 9.36 Å². The van der Waals surface area contributed by atoms with Crippen molar-refractivity contribution in [2.75, 3.05) is 0 Å². The molecule has 0 aliphatic heterocycles. The van der Waals surface area contributed by atoms with Crippen LogP contribution in [0.4, 0.5) is 0 Å². The van der Waals surface area contributed by atoms with Gasteiger partial charge in [0.2, 0.25) is 0 Å². The van der Waals surface area contributed by atoms with Crippen molar-refractivity contribution >= 4 is 16.9 Å². The molecule has 4 rings (SSSR count). The first kappa shape index (κ1) is 15.1. The van der Waals surface area contributed by atoms with E-state index in [0.717, 1.165) is 22.5 Å². The Hall–Kier alpha value is -3.48. The summed E-state index contributed by atoms with van der Waals surface area (Å²) >= 11 is 0. The molecule has 0 saturated heterocycles. The molecule has 0 unspecified atom stereocenters. The van der Waals surface area contributed by atoms with Gasteiger partial charge in [-0.2, -0.15) is 0 Å². The average molecular weight is 332 g/mol. The number of aromatic nitrogens is 5. The van der Waals surface area contributed by atoms with Crippen LogP contribution >= 0.6 is 0 Å². The number of aromatic amines is 1. The van der Waals surface area contributed by atoms with Crippen LogP contribution in [-0.4, -0.2) is 30.6 Å². The Bertz CT molecular complexity index is 988. The summed E-state index contributed by atoms with van der Waals surface area (Å²) in [6.07, 6.45) is 3.18. The second kappa shape index (κ2) is 6.20. The molecule has 1 atom stereocenters. The molecular formula is C18H16N6O. The summed E-state index contributed by atoms with van der Waals surface area (Å²) in [5, 5.41) is 10.5. The first-order chi connectivity index (χ1) is 12.2. The van der Waals surface area contributed by atoms with Crippen molar-refractivity contribution in [3.05, 3.63) is 72.6 Å². The second-order valence-corrected chi connectivity index (χ2v) is 5.75. The first-order valence-electron chi connectivity index (χ1n) is 7.91. The normalized spacial score (nSPS) is 12.2. The molecule has 7 nitrogen and oxygen atoms in total. The SMILES string of the molecule is C[C@@H](NC(=O)c1cccc(-n2cnnc2)c1)c1nc2ccccc2[nH]1. The van der Waals surface area contributed by atoms with Crippen LogP contribution in [0.3, 0.4) is 0 Å². The van der Waals surface area contributed by atoms with Gasteiger partial charge < -0.3 is 10.3 Å². The van der Waals surface area contributed by atoms with Crippen LogP contribution < -0.4 is 5.32 Å². The van der Waals surface area contributed by atoms with Gasteiger partial charge in [-0.25, -0.2) is 4.98 Å². The average Bonchev–Trinajstić information content (AvgIpc) is 3.31. The summed E-state index contributed by atoms with van der Waals surface area (Å²) in [4.78, 5) is 20.3. The Morgan fingerprint density at radius 1 is 1.12 bits per heavy atom. The third kappa shape index (κ3) is 2.99. The fourth-order valence-corrected chi connectivity index (χ4v) is 2.67. The molecule has 0 saturated carbocycles. The molecule has 0 aliphatic carbocycles. The molecule has 2 aromatic heterocycles. The van der Waals surface area contributed by atoms with Crippen LogP contribution in [0.15, 0.2) is 61.2 Å². The van der Waals surface area contributed by atoms with Gasteiger partial charge in [-0.05, 0) is 37.3 Å². The zero-order chi connectivity index (χ0) is 17.2. The molecule has 2 heterocycles. The molecule has 0 spiro atoms. The number of carbonyl (C=O) groups excluding carboxylic acids is 1. The maximum atomic E-state index is 12.6. The van der Waals surface area contributed by atoms with Gasteiger partial charge in [0, 0.05) is 11.3 Å². The quantitative estimate of drug-likeness (QED) is 0.601. The summed E-state index contributed by atoms with van der Waals surface area (Å²) in [5.41, 5.74) is 3.23. The number of nitrogens with zero attached hydrogens (tertiary/aromatic N) is 4. The topological polar surface area (TPSA) is 88.5 Å². The third-order valence-electron chi connectivity index (χ3n) is 3.99. The van der Waals surface area contributed by atoms with E-state index in [1.807, 2.05) is 43.3 Å². The Labute approximate surface area is 143 Å². The summed E-state index contributed by atoms with van der Waals surface area (Å²) in [5.74, 6) is 0.562. The van der Waals surface area contributed by atoms with Crippen LogP contribution in [-0.2, 0) is 0 Å². The zero-order valence-corrected chi connectivity index (χ0v) is 13.5. The minimum absolute atomic E-state index is 0.164. The number of fused-ring (bicyclic) bond motifs is 1. The van der Waals surface area contributed by atoms with Gasteiger partial charge in [-0.15, -0.1) is 10.2 Å². The molecule has 0 bridgehead atoms. The number of rotatable bonds is 4. The lowest BCUT2D eigenvalue weighted by Crippen LogP contribution is -2.27. The van der Waals surface area contributed by atoms with Crippen molar-refractivity contribution in [2.45, 2.75) is 13.0 Å². The fraction of sp³-hybridized carbons (Fsp3) is 0.111. The lowest BCUT2D eigenvalue weighted by molar-refractivity contribution is 0.0938. The van der Waals surface area contributed by atoms with Crippen molar-refractivity contribution in [1.29, 1.82) is 0 Å². The largest absolute Gasteiger partial charge is 0.342 e. The van der Waals surface area contributed by atoms with Crippen LogP contribution in [0, 0.1) is 0 Å². The van der Waals surface area contributed by atoms with E-state index in [4.69, 9.17) is 0 Å². The van der Waals surface area contributed by atoms with Gasteiger partial charge in [0.1, 0.15) is 18.5 Å². The Balaban J connectivity index is 1.54. The molecule has 25 heavy (non-hydrogen) atoms. The smallest absolute Gasteiger partial charge is 0.251 e. The van der Waals surface area contributed by atoms with Crippen molar-refractivity contribution in [2.24, 2.45) is 0 Å². The van der Waals surface area contributed by atoms with Crippen molar-refractivity contribution in [3.63, 3.8) is 0 Å². The fourth-order valence-electron chi connectivity index (χ4n) is 2.67. The monoisotopic (exact) mass is 332 g/mol. The predicted octanol–water partition coefficient (Wildman–Crippen LogP) is 2.63. The number of hydrogen-bond donors (Lipinski definition) is 2. The van der Waals surface area contributed by atoms with Crippen LogP contribution in [0.1, 0.15) is 29.1 Å². The third-order valence-corrected chi connectivity index (χ3v) is 3.99. The highest BCUT2D eigenvalue weighted by Crippen LogP contribution is 2.16. The molecule has 0 fully saturated rings. The molecule has 4 aromatic rings. The number of carbonyl (C=O) groups is 1. The number of benzene rings is 2. The van der Waals surface area contributed by atoms with Crippen molar-refractivity contribution in [3.8, 4) is 5.69 Å². The molecule has 7 heteroatoms. The summed E-state index contributed by atoms with van der Waals surface area (Å²) in [6, 6.07) is 14.8. The number of imidazole rings is 1. The van der Waals surface area contributed by atoms with E-state index in [9.17, 15) is 4.79 Å². The number of para-hydroxylation sites is 2. The van der Waals surface area contributed by atoms with Crippen LogP contribution in [0.25, 0.3) is 16.7 Å². The summed E-state index contributed by atoms with van der Waals surface area (Å²) in [6.45, 7) is 1.90. The van der Waals surface area contributed by atoms with Gasteiger partial charge in [-0.1, -0.05) is 18.2 Å². The summed E-state index contributed by atoms with van der Waals surface area (Å²) < 4.78 is 1.75. The zero-order valence-electron chi connectivity index (χ0n) is 13.5. The molecular weight excluding hydrogens is 316 g/mol. The van der Waals surface area contributed by atoms with E-state index in [0.29, 0.717) is 5.56 Å². The predicted molar refractivity (Wildman–Crippen MR) is 93.3 cm³/mol. The highest BCUT2D eigenvalue weighted by molar-refractivity contribution is 5.95. The van der Waals surface area contributed by atoms with Gasteiger partial charge in [0.05, 0.1) is 17.1 Å². The van der Waals surface area contributed by atoms with E-state index >= 15 is 0 Å². The lowest BCUT2D eigenvalue weighted by Gasteiger charge is -2.12. The maximum Gasteiger partial charge on any atom is 0.251 e. The van der Waals surface area contributed by atoms with E-state index in [-0.39, 0.29) is 11.9 Å². The molecule has 1 amide bonds. The molecule has 2 N–H and O–H groups in total. The minimum atomic E-state index is -0.238. The number of amides is 1. The van der Waals surface area contributed by atoms with E-state index < -0.39 is 0 Å². The minimum Gasteiger partial charge on any atom is -0.342 e. The number of hydrogen-bond acceptors (Lipinski definition) is 4. The molecule has 0 radical (unpaired) electrons. The van der Waals surface area contributed by atoms with E-state index in [1.165, 1.54) is 0 Å². The molecule has 2 aromatic carbocycles. The number of H-pyrrole nitrogens is 1. The summed E-state index contributed by atoms with van der Waals surface area (Å²) in [7, 11) is 0. The van der Waals surface area contributed by atoms with E-state index in [2.05, 4.69) is 25.5 Å². The maximum absolute atomic E-state index is 12.6. The molecule has 0 aliphatic rings. The van der Waals surface area contributed by atoms with Crippen molar-refractivity contribution in [1.82, 2.24) is 30.0 Å².